The Kier molecular flexibility index (Phi) is 4.88. The van der Waals surface area contributed by atoms with Gasteiger partial charge in [-0.15, -0.1) is 0 Å². The van der Waals surface area contributed by atoms with Crippen molar-refractivity contribution in [2.24, 2.45) is 5.92 Å². The second-order valence-electron chi connectivity index (χ2n) is 7.21. The molecule has 1 spiro atoms. The van der Waals surface area contributed by atoms with Crippen LogP contribution in [-0.2, 0) is 15.8 Å². The number of alkyl halides is 3. The number of rotatable bonds is 3. The molecule has 1 heterocycles. The predicted molar refractivity (Wildman–Crippen MR) is 90.7 cm³/mol. The third-order valence-electron chi connectivity index (χ3n) is 5.15. The Morgan fingerprint density at radius 3 is 2.59 bits per heavy atom. The number of imide groups is 1. The average Bonchev–Trinajstić information content (AvgIpc) is 2.81. The van der Waals surface area contributed by atoms with Crippen LogP contribution in [0.25, 0.3) is 0 Å². The molecule has 2 aliphatic rings. The molecule has 27 heavy (non-hydrogen) atoms. The van der Waals surface area contributed by atoms with Gasteiger partial charge in [-0.3, -0.25) is 14.5 Å². The van der Waals surface area contributed by atoms with Crippen LogP contribution in [0, 0.1) is 5.92 Å². The summed E-state index contributed by atoms with van der Waals surface area (Å²) >= 11 is 0. The number of amides is 4. The van der Waals surface area contributed by atoms with Crippen molar-refractivity contribution in [1.29, 1.82) is 0 Å². The first-order chi connectivity index (χ1) is 12.6. The topological polar surface area (TPSA) is 78.5 Å². The van der Waals surface area contributed by atoms with E-state index in [-0.39, 0.29) is 5.69 Å². The summed E-state index contributed by atoms with van der Waals surface area (Å²) in [4.78, 5) is 37.9. The SMILES string of the molecule is CC1CCC2(CC1)NC(=O)N(CC(=O)Nc1cccc(C(F)(F)F)c1)C2=O. The van der Waals surface area contributed by atoms with E-state index in [9.17, 15) is 27.6 Å². The Morgan fingerprint density at radius 2 is 1.96 bits per heavy atom. The lowest BCUT2D eigenvalue weighted by Gasteiger charge is -2.33. The summed E-state index contributed by atoms with van der Waals surface area (Å²) in [5.41, 5.74) is -1.91. The van der Waals surface area contributed by atoms with Crippen molar-refractivity contribution in [3.63, 3.8) is 0 Å². The van der Waals surface area contributed by atoms with Crippen molar-refractivity contribution in [1.82, 2.24) is 10.2 Å². The second kappa shape index (κ2) is 6.86. The van der Waals surface area contributed by atoms with Gasteiger partial charge in [-0.05, 0) is 49.8 Å². The number of nitrogens with one attached hydrogen (secondary N) is 2. The van der Waals surface area contributed by atoms with Gasteiger partial charge in [0.1, 0.15) is 12.1 Å². The number of hydrogen-bond acceptors (Lipinski definition) is 3. The number of carbonyl (C=O) groups excluding carboxylic acids is 3. The van der Waals surface area contributed by atoms with Crippen LogP contribution in [0.2, 0.25) is 0 Å². The van der Waals surface area contributed by atoms with Crippen molar-refractivity contribution < 1.29 is 27.6 Å². The highest BCUT2D eigenvalue weighted by Gasteiger charge is 2.52. The number of urea groups is 1. The monoisotopic (exact) mass is 383 g/mol. The Labute approximate surface area is 154 Å². The first-order valence-corrected chi connectivity index (χ1v) is 8.72. The molecule has 0 unspecified atom stereocenters. The Bertz CT molecular complexity index is 771. The second-order valence-corrected chi connectivity index (χ2v) is 7.21. The first kappa shape index (κ1) is 19.2. The molecule has 9 heteroatoms. The predicted octanol–water partition coefficient (Wildman–Crippen LogP) is 3.14. The molecule has 2 N–H and O–H groups in total. The van der Waals surface area contributed by atoms with Gasteiger partial charge < -0.3 is 10.6 Å². The zero-order valence-corrected chi connectivity index (χ0v) is 14.7. The zero-order valence-electron chi connectivity index (χ0n) is 14.7. The number of halogens is 3. The van der Waals surface area contributed by atoms with E-state index in [0.717, 1.165) is 29.9 Å². The minimum Gasteiger partial charge on any atom is -0.325 e. The van der Waals surface area contributed by atoms with Crippen LogP contribution in [0.3, 0.4) is 0 Å². The molecule has 4 amide bonds. The smallest absolute Gasteiger partial charge is 0.325 e. The van der Waals surface area contributed by atoms with Crippen molar-refractivity contribution in [3.8, 4) is 0 Å². The standard InChI is InChI=1S/C18H20F3N3O3/c1-11-5-7-17(8-6-11)15(26)24(16(27)23-17)10-14(25)22-13-4-2-3-12(9-13)18(19,20)21/h2-4,9,11H,5-8,10H2,1H3,(H,22,25)(H,23,27). The Morgan fingerprint density at radius 1 is 1.30 bits per heavy atom. The van der Waals surface area contributed by atoms with Gasteiger partial charge in [0.25, 0.3) is 5.91 Å². The van der Waals surface area contributed by atoms with E-state index in [1.54, 1.807) is 0 Å². The lowest BCUT2D eigenvalue weighted by atomic mass is 9.77. The fraction of sp³-hybridized carbons (Fsp3) is 0.500. The minimum atomic E-state index is -4.53. The molecule has 1 aliphatic heterocycles. The third kappa shape index (κ3) is 3.91. The average molecular weight is 383 g/mol. The fourth-order valence-electron chi connectivity index (χ4n) is 3.53. The molecule has 6 nitrogen and oxygen atoms in total. The van der Waals surface area contributed by atoms with E-state index >= 15 is 0 Å². The molecule has 0 radical (unpaired) electrons. The largest absolute Gasteiger partial charge is 0.416 e. The van der Waals surface area contributed by atoms with Gasteiger partial charge in [0.15, 0.2) is 0 Å². The van der Waals surface area contributed by atoms with Crippen molar-refractivity contribution in [2.45, 2.75) is 44.3 Å². The molecule has 1 saturated heterocycles. The number of nitrogens with zero attached hydrogens (tertiary/aromatic N) is 1. The van der Waals surface area contributed by atoms with E-state index < -0.39 is 41.7 Å². The van der Waals surface area contributed by atoms with Crippen LogP contribution in [0.15, 0.2) is 24.3 Å². The van der Waals surface area contributed by atoms with Crippen LogP contribution in [0.5, 0.6) is 0 Å². The van der Waals surface area contributed by atoms with E-state index in [1.165, 1.54) is 12.1 Å². The molecule has 2 fully saturated rings. The fourth-order valence-corrected chi connectivity index (χ4v) is 3.53. The summed E-state index contributed by atoms with van der Waals surface area (Å²) in [6, 6.07) is 3.52. The third-order valence-corrected chi connectivity index (χ3v) is 5.15. The normalized spacial score (nSPS) is 25.6. The van der Waals surface area contributed by atoms with Crippen LogP contribution in [0.1, 0.15) is 38.2 Å². The molecular weight excluding hydrogens is 363 g/mol. The van der Waals surface area contributed by atoms with Crippen LogP contribution in [-0.4, -0.2) is 34.8 Å². The molecule has 0 bridgehead atoms. The number of carbonyl (C=O) groups is 3. The van der Waals surface area contributed by atoms with E-state index in [0.29, 0.717) is 18.8 Å². The molecule has 1 aromatic rings. The number of benzene rings is 1. The minimum absolute atomic E-state index is 0.0527. The maximum absolute atomic E-state index is 12.7. The highest BCUT2D eigenvalue weighted by molar-refractivity contribution is 6.10. The van der Waals surface area contributed by atoms with Crippen LogP contribution < -0.4 is 10.6 Å². The molecule has 1 saturated carbocycles. The summed E-state index contributed by atoms with van der Waals surface area (Å²) in [6.45, 7) is 1.53. The first-order valence-electron chi connectivity index (χ1n) is 8.72. The molecule has 1 aliphatic carbocycles. The van der Waals surface area contributed by atoms with Crippen molar-refractivity contribution in [2.75, 3.05) is 11.9 Å². The van der Waals surface area contributed by atoms with Crippen LogP contribution in [0.4, 0.5) is 23.7 Å². The Hall–Kier alpha value is -2.58. The molecule has 0 atom stereocenters. The van der Waals surface area contributed by atoms with Gasteiger partial charge in [0, 0.05) is 5.69 Å². The zero-order chi connectivity index (χ0) is 19.8. The molecule has 146 valence electrons. The molecule has 1 aromatic carbocycles. The van der Waals surface area contributed by atoms with Gasteiger partial charge in [-0.25, -0.2) is 4.79 Å². The van der Waals surface area contributed by atoms with Gasteiger partial charge in [0.05, 0.1) is 5.56 Å². The Balaban J connectivity index is 1.66. The van der Waals surface area contributed by atoms with E-state index in [1.807, 2.05) is 0 Å². The maximum atomic E-state index is 12.7. The number of hydrogen-bond donors (Lipinski definition) is 2. The summed E-state index contributed by atoms with van der Waals surface area (Å²) < 4.78 is 38.2. The summed E-state index contributed by atoms with van der Waals surface area (Å²) in [5, 5.41) is 5.00. The van der Waals surface area contributed by atoms with Gasteiger partial charge >= 0.3 is 12.2 Å². The summed E-state index contributed by atoms with van der Waals surface area (Å²) in [7, 11) is 0. The quantitative estimate of drug-likeness (QED) is 0.787. The van der Waals surface area contributed by atoms with Crippen molar-refractivity contribution in [3.05, 3.63) is 29.8 Å². The summed E-state index contributed by atoms with van der Waals surface area (Å²) in [6.07, 6.45) is -1.89. The van der Waals surface area contributed by atoms with Gasteiger partial charge in [-0.1, -0.05) is 13.0 Å². The highest BCUT2D eigenvalue weighted by atomic mass is 19.4. The van der Waals surface area contributed by atoms with E-state index in [2.05, 4.69) is 17.6 Å². The highest BCUT2D eigenvalue weighted by Crippen LogP contribution is 2.36. The van der Waals surface area contributed by atoms with E-state index in [4.69, 9.17) is 0 Å². The maximum Gasteiger partial charge on any atom is 0.416 e. The van der Waals surface area contributed by atoms with Gasteiger partial charge in [-0.2, -0.15) is 13.2 Å². The molecule has 3 rings (SSSR count). The molecular formula is C18H20F3N3O3. The summed E-state index contributed by atoms with van der Waals surface area (Å²) in [5.74, 6) is -0.712. The lowest BCUT2D eigenvalue weighted by molar-refractivity contribution is -0.137. The number of anilines is 1. The van der Waals surface area contributed by atoms with Crippen molar-refractivity contribution >= 4 is 23.5 Å². The van der Waals surface area contributed by atoms with Crippen LogP contribution >= 0.6 is 0 Å². The molecule has 0 aromatic heterocycles. The lowest BCUT2D eigenvalue weighted by Crippen LogP contribution is -2.49. The van der Waals surface area contributed by atoms with Gasteiger partial charge in [0.2, 0.25) is 5.91 Å².